The molecule has 0 saturated heterocycles. The van der Waals surface area contributed by atoms with Crippen molar-refractivity contribution in [2.24, 2.45) is 0 Å². The minimum Gasteiger partial charge on any atom is -0.428 e. The maximum atomic E-state index is 12.9. The topological polar surface area (TPSA) is 76.7 Å². The molecule has 8 heteroatoms. The van der Waals surface area contributed by atoms with Gasteiger partial charge in [0.15, 0.2) is 12.2 Å². The predicted octanol–water partition coefficient (Wildman–Crippen LogP) is 13.3. The Morgan fingerprint density at radius 2 is 0.893 bits per heavy atom. The third kappa shape index (κ3) is 16.8. The van der Waals surface area contributed by atoms with E-state index in [2.05, 4.69) is 85.0 Å². The van der Waals surface area contributed by atoms with Crippen molar-refractivity contribution in [3.8, 4) is 22.9 Å². The van der Waals surface area contributed by atoms with Crippen LogP contribution in [0.15, 0.2) is 109 Å². The van der Waals surface area contributed by atoms with Crippen molar-refractivity contribution in [2.45, 2.75) is 116 Å². The zero-order valence-electron chi connectivity index (χ0n) is 34.3. The number of unbranched alkanes of at least 4 members (excludes halogenated alkanes) is 9. The fourth-order valence-corrected chi connectivity index (χ4v) is 7.16. The normalized spacial score (nSPS) is 12.8. The second-order valence-electron chi connectivity index (χ2n) is 16.3. The summed E-state index contributed by atoms with van der Waals surface area (Å²) in [4.78, 5) is 25.7. The van der Waals surface area contributed by atoms with E-state index in [4.69, 9.17) is 9.47 Å². The number of amides is 2. The number of carbonyl (C=O) groups is 2. The lowest BCUT2D eigenvalue weighted by molar-refractivity contribution is 0.154. The van der Waals surface area contributed by atoms with E-state index >= 15 is 0 Å². The van der Waals surface area contributed by atoms with E-state index in [1.165, 1.54) is 38.5 Å². The zero-order valence-corrected chi connectivity index (χ0v) is 36.3. The van der Waals surface area contributed by atoms with E-state index in [1.54, 1.807) is 0 Å². The molecular formula is C48H60N2O4Si2. The Morgan fingerprint density at radius 3 is 1.29 bits per heavy atom. The van der Waals surface area contributed by atoms with E-state index in [1.807, 2.05) is 97.1 Å². The van der Waals surface area contributed by atoms with Gasteiger partial charge in [-0.25, -0.2) is 9.59 Å². The number of rotatable bonds is 17. The molecule has 0 heterocycles. The number of ether oxygens (including phenoxy) is 2. The van der Waals surface area contributed by atoms with Crippen LogP contribution in [-0.4, -0.2) is 40.5 Å². The van der Waals surface area contributed by atoms with Crippen LogP contribution in [0, 0.1) is 22.9 Å². The maximum Gasteiger partial charge on any atom is 0.413 e. The molecule has 0 aliphatic rings. The summed E-state index contributed by atoms with van der Waals surface area (Å²) < 4.78 is 11.5. The van der Waals surface area contributed by atoms with Gasteiger partial charge in [0.25, 0.3) is 0 Å². The molecule has 56 heavy (non-hydrogen) atoms. The summed E-state index contributed by atoms with van der Waals surface area (Å²) in [5.41, 5.74) is 8.16. The van der Waals surface area contributed by atoms with Crippen LogP contribution in [0.1, 0.15) is 64.2 Å². The average molecular weight is 785 g/mol. The van der Waals surface area contributed by atoms with Crippen molar-refractivity contribution in [1.29, 1.82) is 0 Å². The van der Waals surface area contributed by atoms with Crippen molar-refractivity contribution >= 4 is 61.3 Å². The Kier molecular flexibility index (Phi) is 17.6. The first-order valence-corrected chi connectivity index (χ1v) is 27.2. The first-order chi connectivity index (χ1) is 26.9. The maximum absolute atomic E-state index is 12.9. The van der Waals surface area contributed by atoms with Gasteiger partial charge in [-0.05, 0) is 60.7 Å². The molecule has 4 aromatic carbocycles. The van der Waals surface area contributed by atoms with Crippen LogP contribution < -0.4 is 10.6 Å². The fraction of sp³-hybridized carbons (Fsp3) is 0.375. The molecule has 0 unspecified atom stereocenters. The highest BCUT2D eigenvalue weighted by Crippen LogP contribution is 2.24. The molecule has 0 aliphatic carbocycles. The first-order valence-electron chi connectivity index (χ1n) is 20.2. The van der Waals surface area contributed by atoms with Gasteiger partial charge in [-0.1, -0.05) is 175 Å². The molecule has 0 saturated carbocycles. The Morgan fingerprint density at radius 1 is 0.536 bits per heavy atom. The molecule has 0 fully saturated rings. The second kappa shape index (κ2) is 22.5. The molecule has 294 valence electrons. The minimum absolute atomic E-state index is 0.501. The molecule has 0 radical (unpaired) electrons. The smallest absolute Gasteiger partial charge is 0.413 e. The number of hydrogen-bond acceptors (Lipinski definition) is 4. The van der Waals surface area contributed by atoms with Gasteiger partial charge in [0.2, 0.25) is 0 Å². The quantitative estimate of drug-likeness (QED) is 0.0484. The van der Waals surface area contributed by atoms with Gasteiger partial charge in [-0.2, -0.15) is 0 Å². The largest absolute Gasteiger partial charge is 0.428 e. The molecule has 0 bridgehead atoms. The van der Waals surface area contributed by atoms with Gasteiger partial charge in [0.05, 0.1) is 11.4 Å². The zero-order chi connectivity index (χ0) is 40.2. The van der Waals surface area contributed by atoms with Crippen molar-refractivity contribution in [3.05, 3.63) is 109 Å². The number of carbonyl (C=O) groups excluding carboxylic acids is 2. The van der Waals surface area contributed by atoms with Crippen molar-refractivity contribution < 1.29 is 19.1 Å². The van der Waals surface area contributed by atoms with Gasteiger partial charge >= 0.3 is 12.2 Å². The van der Waals surface area contributed by atoms with Gasteiger partial charge in [0, 0.05) is 10.8 Å². The van der Waals surface area contributed by atoms with Gasteiger partial charge in [-0.15, -0.1) is 11.1 Å². The van der Waals surface area contributed by atoms with Crippen LogP contribution in [0.4, 0.5) is 21.0 Å². The van der Waals surface area contributed by atoms with Crippen molar-refractivity contribution in [3.63, 3.8) is 0 Å². The van der Waals surface area contributed by atoms with Crippen LogP contribution >= 0.6 is 0 Å². The lowest BCUT2D eigenvalue weighted by Crippen LogP contribution is -2.22. The Bertz CT molecular complexity index is 1910. The van der Waals surface area contributed by atoms with Crippen LogP contribution in [0.3, 0.4) is 0 Å². The highest BCUT2D eigenvalue weighted by Gasteiger charge is 2.15. The summed E-state index contributed by atoms with van der Waals surface area (Å²) in [6, 6.07) is 27.6. The van der Waals surface area contributed by atoms with Crippen LogP contribution in [0.25, 0.3) is 21.5 Å². The lowest BCUT2D eigenvalue weighted by Gasteiger charge is -2.13. The van der Waals surface area contributed by atoms with Gasteiger partial charge in [-0.3, -0.25) is 10.6 Å². The number of allylic oxidation sites excluding steroid dienone is 2. The van der Waals surface area contributed by atoms with Crippen molar-refractivity contribution in [2.75, 3.05) is 10.6 Å². The molecule has 2 amide bonds. The number of anilines is 2. The molecule has 0 aliphatic heterocycles. The molecular weight excluding hydrogens is 725 g/mol. The Balaban J connectivity index is 1.11. The Labute approximate surface area is 337 Å². The van der Waals surface area contributed by atoms with Gasteiger partial charge in [0.1, 0.15) is 16.1 Å². The van der Waals surface area contributed by atoms with E-state index in [0.717, 1.165) is 58.6 Å². The van der Waals surface area contributed by atoms with E-state index in [9.17, 15) is 9.59 Å². The minimum atomic E-state index is -1.64. The molecule has 4 aromatic rings. The number of benzene rings is 4. The molecule has 2 atom stereocenters. The predicted molar refractivity (Wildman–Crippen MR) is 242 cm³/mol. The fourth-order valence-electron chi connectivity index (χ4n) is 6.01. The third-order valence-corrected chi connectivity index (χ3v) is 10.6. The summed E-state index contributed by atoms with van der Waals surface area (Å²) in [6.45, 7) is 13.1. The average Bonchev–Trinajstić information content (AvgIpc) is 3.15. The second-order valence-corrected chi connectivity index (χ2v) is 25.8. The molecule has 0 spiro atoms. The Hall–Kier alpha value is -5.03. The van der Waals surface area contributed by atoms with Crippen molar-refractivity contribution in [1.82, 2.24) is 0 Å². The summed E-state index contributed by atoms with van der Waals surface area (Å²) >= 11 is 0. The molecule has 2 N–H and O–H groups in total. The summed E-state index contributed by atoms with van der Waals surface area (Å²) in [6.07, 6.45) is 17.2. The highest BCUT2D eigenvalue weighted by atomic mass is 28.3. The van der Waals surface area contributed by atoms with E-state index < -0.39 is 40.5 Å². The van der Waals surface area contributed by atoms with E-state index in [0.29, 0.717) is 0 Å². The van der Waals surface area contributed by atoms with E-state index in [-0.39, 0.29) is 0 Å². The van der Waals surface area contributed by atoms with Crippen LogP contribution in [0.5, 0.6) is 0 Å². The first kappa shape index (κ1) is 43.7. The summed E-state index contributed by atoms with van der Waals surface area (Å²) in [5, 5.41) is 9.90. The monoisotopic (exact) mass is 784 g/mol. The number of nitrogens with one attached hydrogen (secondary N) is 2. The number of fused-ring (bicyclic) bond motifs is 2. The molecule has 0 aromatic heterocycles. The van der Waals surface area contributed by atoms with Crippen LogP contribution in [0.2, 0.25) is 39.3 Å². The van der Waals surface area contributed by atoms with Gasteiger partial charge < -0.3 is 9.47 Å². The SMILES string of the molecule is C[Si](C)(C)C#C[C@@H](/C=C/CCCCCCCCCC/C=C/[C@H](C#C[Si](C)(C)C)OC(=O)Nc1cccc2ccccc12)OC(=O)Nc1cccc2ccccc12. The van der Waals surface area contributed by atoms with Crippen LogP contribution in [-0.2, 0) is 9.47 Å². The molecule has 4 rings (SSSR count). The highest BCUT2D eigenvalue weighted by molar-refractivity contribution is 6.84. The number of hydrogen-bond donors (Lipinski definition) is 2. The summed E-state index contributed by atoms with van der Waals surface area (Å²) in [7, 11) is -3.27. The third-order valence-electron chi connectivity index (χ3n) is 8.81. The standard InChI is InChI=1S/C48H60N2O4Si2/c1-55(2,3)37-35-41(53-47(51)49-45-33-23-27-39-25-19-21-31-43(39)45)29-17-15-13-11-9-7-8-10-12-14-16-18-30-42(36-38-56(4,5)6)54-48(52)50-46-34-24-28-40-26-20-22-32-44(40)46/h17-34,41-42H,7-16H2,1-6H3,(H,49,51)(H,50,52)/b29-17+,30-18+/t41-,42-/m1/s1. The lowest BCUT2D eigenvalue weighted by atomic mass is 10.1. The summed E-state index contributed by atoms with van der Waals surface area (Å²) in [5.74, 6) is 6.41. The molecule has 6 nitrogen and oxygen atoms in total.